The summed E-state index contributed by atoms with van der Waals surface area (Å²) in [6.45, 7) is 1.56. The lowest BCUT2D eigenvalue weighted by Gasteiger charge is -2.23. The van der Waals surface area contributed by atoms with Crippen LogP contribution in [0, 0.1) is 0 Å². The molecular weight excluding hydrogens is 446 g/mol. The van der Waals surface area contributed by atoms with Crippen molar-refractivity contribution in [2.45, 2.75) is 57.1 Å². The van der Waals surface area contributed by atoms with E-state index in [1.807, 2.05) is 6.33 Å². The summed E-state index contributed by atoms with van der Waals surface area (Å²) in [4.78, 5) is 28.3. The van der Waals surface area contributed by atoms with Crippen LogP contribution in [-0.2, 0) is 0 Å². The van der Waals surface area contributed by atoms with Gasteiger partial charge in [-0.15, -0.1) is 11.3 Å². The number of nitrogens with zero attached hydrogens (tertiary/aromatic N) is 4. The average molecular weight is 474 g/mol. The number of aromatic amines is 1. The van der Waals surface area contributed by atoms with Gasteiger partial charge in [-0.2, -0.15) is 0 Å². The van der Waals surface area contributed by atoms with E-state index in [4.69, 9.17) is 4.98 Å². The first-order valence-corrected chi connectivity index (χ1v) is 13.1. The van der Waals surface area contributed by atoms with Crippen molar-refractivity contribution < 1.29 is 5.11 Å². The van der Waals surface area contributed by atoms with Crippen LogP contribution < -0.4 is 10.5 Å². The number of benzene rings is 1. The van der Waals surface area contributed by atoms with Gasteiger partial charge in [0.05, 0.1) is 40.2 Å². The van der Waals surface area contributed by atoms with Gasteiger partial charge in [-0.3, -0.25) is 4.79 Å². The van der Waals surface area contributed by atoms with E-state index in [-0.39, 0.29) is 11.7 Å². The third-order valence-corrected chi connectivity index (χ3v) is 9.09. The molecule has 0 radical (unpaired) electrons. The zero-order chi connectivity index (χ0) is 22.8. The molecule has 4 heterocycles. The first-order valence-electron chi connectivity index (χ1n) is 12.3. The Morgan fingerprint density at radius 3 is 2.65 bits per heavy atom. The van der Waals surface area contributed by atoms with Gasteiger partial charge in [0.15, 0.2) is 0 Å². The molecule has 1 fully saturated rings. The Morgan fingerprint density at radius 2 is 1.85 bits per heavy atom. The van der Waals surface area contributed by atoms with Crippen LogP contribution in [0.4, 0.5) is 5.00 Å². The second kappa shape index (κ2) is 7.78. The minimum atomic E-state index is -0.243. The molecule has 0 unspecified atom stereocenters. The number of anilines is 1. The number of fused-ring (bicyclic) bond motifs is 2. The molecule has 2 aliphatic carbocycles. The molecule has 1 aliphatic heterocycles. The van der Waals surface area contributed by atoms with Crippen LogP contribution in [0.2, 0.25) is 0 Å². The van der Waals surface area contributed by atoms with Crippen LogP contribution in [0.25, 0.3) is 32.4 Å². The molecule has 34 heavy (non-hydrogen) atoms. The molecule has 0 spiro atoms. The highest BCUT2D eigenvalue weighted by Gasteiger charge is 2.33. The number of thiophene rings is 1. The van der Waals surface area contributed by atoms with E-state index in [0.717, 1.165) is 52.4 Å². The van der Waals surface area contributed by atoms with Crippen molar-refractivity contribution in [3.05, 3.63) is 52.4 Å². The van der Waals surface area contributed by atoms with E-state index in [1.165, 1.54) is 55.1 Å². The Morgan fingerprint density at radius 1 is 1.06 bits per heavy atom. The van der Waals surface area contributed by atoms with Crippen LogP contribution in [0.3, 0.4) is 0 Å². The van der Waals surface area contributed by atoms with Crippen molar-refractivity contribution in [3.8, 4) is 10.4 Å². The Kier molecular flexibility index (Phi) is 4.67. The highest BCUT2D eigenvalue weighted by atomic mass is 32.1. The molecule has 7 nitrogen and oxygen atoms in total. The third kappa shape index (κ3) is 3.15. The van der Waals surface area contributed by atoms with Crippen LogP contribution in [0.5, 0.6) is 0 Å². The van der Waals surface area contributed by atoms with Gasteiger partial charge in [-0.25, -0.2) is 9.97 Å². The highest BCUT2D eigenvalue weighted by molar-refractivity contribution is 7.21. The maximum atomic E-state index is 12.9. The molecule has 1 aromatic carbocycles. The molecule has 174 valence electrons. The summed E-state index contributed by atoms with van der Waals surface area (Å²) in [6.07, 6.45) is 11.1. The first kappa shape index (κ1) is 20.4. The summed E-state index contributed by atoms with van der Waals surface area (Å²) >= 11 is 1.64. The van der Waals surface area contributed by atoms with Crippen LogP contribution in [0.1, 0.15) is 51.0 Å². The van der Waals surface area contributed by atoms with E-state index >= 15 is 0 Å². The van der Waals surface area contributed by atoms with E-state index < -0.39 is 0 Å². The number of nitrogens with one attached hydrogen (secondary N) is 1. The minimum Gasteiger partial charge on any atom is -0.392 e. The van der Waals surface area contributed by atoms with E-state index in [9.17, 15) is 9.90 Å². The van der Waals surface area contributed by atoms with Gasteiger partial charge in [0.1, 0.15) is 10.4 Å². The molecule has 0 saturated heterocycles. The molecule has 3 aliphatic rings. The van der Waals surface area contributed by atoms with Crippen molar-refractivity contribution in [2.75, 3.05) is 18.0 Å². The molecule has 2 N–H and O–H groups in total. The molecular formula is C26H27N5O2S. The van der Waals surface area contributed by atoms with Gasteiger partial charge < -0.3 is 19.6 Å². The lowest BCUT2D eigenvalue weighted by Crippen LogP contribution is -2.23. The van der Waals surface area contributed by atoms with Crippen LogP contribution in [0.15, 0.2) is 46.8 Å². The van der Waals surface area contributed by atoms with Crippen molar-refractivity contribution in [3.63, 3.8) is 0 Å². The zero-order valence-corrected chi connectivity index (χ0v) is 19.8. The van der Waals surface area contributed by atoms with Crippen LogP contribution >= 0.6 is 11.3 Å². The van der Waals surface area contributed by atoms with E-state index in [1.54, 1.807) is 11.3 Å². The van der Waals surface area contributed by atoms with Gasteiger partial charge in [-0.1, -0.05) is 25.3 Å². The fourth-order valence-electron chi connectivity index (χ4n) is 6.15. The Balaban J connectivity index is 1.30. The molecule has 4 aromatic rings. The molecule has 3 aromatic heterocycles. The van der Waals surface area contributed by atoms with Gasteiger partial charge in [-0.05, 0) is 54.5 Å². The SMILES string of the molecule is O=c1[nH]cnc2c(-c3ccc4c(c3)ncn4C3CCCCC3)sc(N3CC4=C(CC(O)C4)C3)c12. The van der Waals surface area contributed by atoms with Crippen molar-refractivity contribution in [1.82, 2.24) is 19.5 Å². The third-order valence-electron chi connectivity index (χ3n) is 7.80. The smallest absolute Gasteiger partial charge is 0.261 e. The normalized spacial score (nSPS) is 19.7. The molecule has 0 bridgehead atoms. The number of hydrogen-bond donors (Lipinski definition) is 2. The molecule has 7 rings (SSSR count). The van der Waals surface area contributed by atoms with Crippen molar-refractivity contribution >= 4 is 38.3 Å². The van der Waals surface area contributed by atoms with Crippen molar-refractivity contribution in [2.24, 2.45) is 0 Å². The first-order chi connectivity index (χ1) is 16.7. The predicted molar refractivity (Wildman–Crippen MR) is 136 cm³/mol. The Labute approximate surface area is 200 Å². The summed E-state index contributed by atoms with van der Waals surface area (Å²) in [6, 6.07) is 7.02. The second-order valence-corrected chi connectivity index (χ2v) is 11.0. The number of aliphatic hydroxyl groups is 1. The Hall–Kier alpha value is -2.97. The summed E-state index contributed by atoms with van der Waals surface area (Å²) in [5, 5.41) is 11.6. The van der Waals surface area contributed by atoms with Gasteiger partial charge in [0.25, 0.3) is 5.56 Å². The molecule has 0 atom stereocenters. The van der Waals surface area contributed by atoms with Gasteiger partial charge >= 0.3 is 0 Å². The topological polar surface area (TPSA) is 87.0 Å². The van der Waals surface area contributed by atoms with E-state index in [0.29, 0.717) is 11.4 Å². The summed E-state index contributed by atoms with van der Waals surface area (Å²) < 4.78 is 2.35. The number of hydrogen-bond acceptors (Lipinski definition) is 6. The average Bonchev–Trinajstić information content (AvgIpc) is 3.60. The fraction of sp³-hybridized carbons (Fsp3) is 0.423. The second-order valence-electron chi connectivity index (χ2n) is 9.96. The number of imidazole rings is 1. The molecule has 1 saturated carbocycles. The van der Waals surface area contributed by atoms with Gasteiger partial charge in [0, 0.05) is 19.1 Å². The maximum absolute atomic E-state index is 12.9. The quantitative estimate of drug-likeness (QED) is 0.418. The molecule has 8 heteroatoms. The standard InChI is InChI=1S/C26H27N5O2S/c32-19-8-16-11-30(12-17(16)9-19)26-22-23(27-13-28-25(22)33)24(34-26)15-6-7-21-20(10-15)29-14-31(21)18-4-2-1-3-5-18/h6-7,10,13-14,18-19,32H,1-5,8-9,11-12H2,(H,27,28,33). The highest BCUT2D eigenvalue weighted by Crippen LogP contribution is 2.45. The largest absolute Gasteiger partial charge is 0.392 e. The number of H-pyrrole nitrogens is 1. The van der Waals surface area contributed by atoms with Crippen LogP contribution in [-0.4, -0.2) is 43.8 Å². The summed E-state index contributed by atoms with van der Waals surface area (Å²) in [7, 11) is 0. The number of aromatic nitrogens is 4. The monoisotopic (exact) mass is 473 g/mol. The number of aliphatic hydroxyl groups excluding tert-OH is 1. The Bertz CT molecular complexity index is 1490. The lowest BCUT2D eigenvalue weighted by atomic mass is 9.95. The minimum absolute atomic E-state index is 0.0998. The zero-order valence-electron chi connectivity index (χ0n) is 19.0. The fourth-order valence-corrected chi connectivity index (χ4v) is 7.39. The predicted octanol–water partition coefficient (Wildman–Crippen LogP) is 4.78. The number of rotatable bonds is 3. The maximum Gasteiger partial charge on any atom is 0.261 e. The van der Waals surface area contributed by atoms with Crippen molar-refractivity contribution in [1.29, 1.82) is 0 Å². The van der Waals surface area contributed by atoms with E-state index in [2.05, 4.69) is 37.6 Å². The van der Waals surface area contributed by atoms with Gasteiger partial charge in [0.2, 0.25) is 0 Å². The molecule has 0 amide bonds. The lowest BCUT2D eigenvalue weighted by molar-refractivity contribution is 0.184. The summed E-state index contributed by atoms with van der Waals surface area (Å²) in [5.74, 6) is 0. The summed E-state index contributed by atoms with van der Waals surface area (Å²) in [5.41, 5.74) is 6.53.